The van der Waals surface area contributed by atoms with Crippen molar-refractivity contribution in [1.82, 2.24) is 0 Å². The fourth-order valence-electron chi connectivity index (χ4n) is 1.97. The first kappa shape index (κ1) is 13.6. The van der Waals surface area contributed by atoms with Crippen LogP contribution in [0.25, 0.3) is 0 Å². The molecule has 0 atom stereocenters. The number of rotatable bonds is 5. The van der Waals surface area contributed by atoms with Crippen molar-refractivity contribution >= 4 is 11.4 Å². The number of non-ortho nitro benzene ring substituents is 1. The van der Waals surface area contributed by atoms with Gasteiger partial charge in [0.05, 0.1) is 28.7 Å². The van der Waals surface area contributed by atoms with Crippen molar-refractivity contribution in [1.29, 1.82) is 5.26 Å². The molecule has 0 spiro atoms. The molecular weight excluding hydrogens is 258 g/mol. The van der Waals surface area contributed by atoms with Crippen molar-refractivity contribution in [3.05, 3.63) is 58.0 Å². The Morgan fingerprint density at radius 3 is 2.80 bits per heavy atom. The van der Waals surface area contributed by atoms with E-state index in [0.717, 1.165) is 5.56 Å². The van der Waals surface area contributed by atoms with Gasteiger partial charge in [0, 0.05) is 30.8 Å². The summed E-state index contributed by atoms with van der Waals surface area (Å²) in [4.78, 5) is 12.2. The van der Waals surface area contributed by atoms with E-state index < -0.39 is 4.92 Å². The molecule has 1 aromatic carbocycles. The van der Waals surface area contributed by atoms with Crippen molar-refractivity contribution in [2.75, 3.05) is 11.4 Å². The molecule has 6 heteroatoms. The Labute approximate surface area is 116 Å². The summed E-state index contributed by atoms with van der Waals surface area (Å²) in [6.07, 6.45) is 3.23. The average Bonchev–Trinajstić information content (AvgIpc) is 2.97. The van der Waals surface area contributed by atoms with Crippen LogP contribution in [0.1, 0.15) is 18.1 Å². The lowest BCUT2D eigenvalue weighted by Gasteiger charge is -2.23. The zero-order chi connectivity index (χ0) is 14.5. The van der Waals surface area contributed by atoms with Crippen LogP contribution < -0.4 is 4.90 Å². The Kier molecular flexibility index (Phi) is 4.01. The second-order valence-corrected chi connectivity index (χ2v) is 4.22. The molecule has 0 fully saturated rings. The van der Waals surface area contributed by atoms with Crippen LogP contribution in [-0.2, 0) is 6.54 Å². The molecule has 2 rings (SSSR count). The largest absolute Gasteiger partial charge is 0.472 e. The molecule has 0 bridgehead atoms. The van der Waals surface area contributed by atoms with Crippen LogP contribution in [0.15, 0.2) is 41.2 Å². The van der Waals surface area contributed by atoms with Gasteiger partial charge in [-0.2, -0.15) is 5.26 Å². The van der Waals surface area contributed by atoms with Gasteiger partial charge >= 0.3 is 0 Å². The van der Waals surface area contributed by atoms with Crippen molar-refractivity contribution in [3.63, 3.8) is 0 Å². The molecule has 0 N–H and O–H groups in total. The molecule has 0 aliphatic heterocycles. The van der Waals surface area contributed by atoms with Gasteiger partial charge in [-0.1, -0.05) is 0 Å². The highest BCUT2D eigenvalue weighted by Gasteiger charge is 2.15. The van der Waals surface area contributed by atoms with E-state index in [0.29, 0.717) is 24.3 Å². The third-order valence-corrected chi connectivity index (χ3v) is 2.99. The van der Waals surface area contributed by atoms with Crippen LogP contribution in [0.2, 0.25) is 0 Å². The lowest BCUT2D eigenvalue weighted by atomic mass is 10.1. The Morgan fingerprint density at radius 1 is 1.45 bits per heavy atom. The van der Waals surface area contributed by atoms with E-state index in [9.17, 15) is 15.4 Å². The molecule has 0 aliphatic carbocycles. The maximum Gasteiger partial charge on any atom is 0.270 e. The number of nitro benzene ring substituents is 1. The SMILES string of the molecule is CCN(Cc1ccoc1)c1ccc([N+](=O)[O-])cc1C#N. The Morgan fingerprint density at radius 2 is 2.25 bits per heavy atom. The molecule has 0 aliphatic rings. The second kappa shape index (κ2) is 5.89. The zero-order valence-corrected chi connectivity index (χ0v) is 10.9. The third kappa shape index (κ3) is 2.78. The van der Waals surface area contributed by atoms with Crippen LogP contribution in [0.5, 0.6) is 0 Å². The van der Waals surface area contributed by atoms with Gasteiger partial charge in [-0.05, 0) is 19.1 Å². The minimum Gasteiger partial charge on any atom is -0.472 e. The highest BCUT2D eigenvalue weighted by Crippen LogP contribution is 2.26. The van der Waals surface area contributed by atoms with E-state index in [1.807, 2.05) is 24.0 Å². The lowest BCUT2D eigenvalue weighted by Crippen LogP contribution is -2.22. The van der Waals surface area contributed by atoms with E-state index in [2.05, 4.69) is 0 Å². The average molecular weight is 271 g/mol. The summed E-state index contributed by atoms with van der Waals surface area (Å²) < 4.78 is 5.02. The van der Waals surface area contributed by atoms with Gasteiger partial charge in [-0.3, -0.25) is 10.1 Å². The molecule has 0 amide bonds. The summed E-state index contributed by atoms with van der Waals surface area (Å²) in [5.41, 5.74) is 1.88. The first-order valence-electron chi connectivity index (χ1n) is 6.10. The monoisotopic (exact) mass is 271 g/mol. The molecule has 102 valence electrons. The molecule has 2 aromatic rings. The van der Waals surface area contributed by atoms with E-state index in [4.69, 9.17) is 4.42 Å². The van der Waals surface area contributed by atoms with Gasteiger partial charge in [-0.25, -0.2) is 0 Å². The number of nitrogens with zero attached hydrogens (tertiary/aromatic N) is 3. The highest BCUT2D eigenvalue weighted by molar-refractivity contribution is 5.63. The minimum atomic E-state index is -0.503. The number of furan rings is 1. The number of nitro groups is 1. The number of benzene rings is 1. The van der Waals surface area contributed by atoms with Crippen molar-refractivity contribution in [2.24, 2.45) is 0 Å². The molecule has 0 radical (unpaired) electrons. The molecule has 1 aromatic heterocycles. The van der Waals surface area contributed by atoms with Gasteiger partial charge in [0.1, 0.15) is 6.07 Å². The fourth-order valence-corrected chi connectivity index (χ4v) is 1.97. The topological polar surface area (TPSA) is 83.3 Å². The van der Waals surface area contributed by atoms with Crippen molar-refractivity contribution in [2.45, 2.75) is 13.5 Å². The molecule has 6 nitrogen and oxygen atoms in total. The summed E-state index contributed by atoms with van der Waals surface area (Å²) in [6.45, 7) is 3.22. The first-order chi connectivity index (χ1) is 9.65. The van der Waals surface area contributed by atoms with Gasteiger partial charge in [-0.15, -0.1) is 0 Å². The van der Waals surface area contributed by atoms with Crippen LogP contribution in [0.4, 0.5) is 11.4 Å². The molecule has 0 saturated carbocycles. The smallest absolute Gasteiger partial charge is 0.270 e. The Balaban J connectivity index is 2.34. The van der Waals surface area contributed by atoms with Crippen molar-refractivity contribution in [3.8, 4) is 6.07 Å². The fraction of sp³-hybridized carbons (Fsp3) is 0.214. The Bertz CT molecular complexity index is 644. The molecule has 0 saturated heterocycles. The maximum absolute atomic E-state index is 10.7. The zero-order valence-electron chi connectivity index (χ0n) is 10.9. The maximum atomic E-state index is 10.7. The van der Waals surface area contributed by atoms with Gasteiger partial charge in [0.25, 0.3) is 5.69 Å². The predicted octanol–water partition coefficient (Wildman–Crippen LogP) is 3.09. The quantitative estimate of drug-likeness (QED) is 0.616. The second-order valence-electron chi connectivity index (χ2n) is 4.22. The van der Waals surface area contributed by atoms with E-state index >= 15 is 0 Å². The van der Waals surface area contributed by atoms with Gasteiger partial charge < -0.3 is 9.32 Å². The van der Waals surface area contributed by atoms with E-state index in [1.54, 1.807) is 18.6 Å². The predicted molar refractivity (Wildman–Crippen MR) is 73.2 cm³/mol. The summed E-state index contributed by atoms with van der Waals surface area (Å²) >= 11 is 0. The van der Waals surface area contributed by atoms with Gasteiger partial charge in [0.15, 0.2) is 0 Å². The molecule has 0 unspecified atom stereocenters. The van der Waals surface area contributed by atoms with E-state index in [1.165, 1.54) is 12.1 Å². The van der Waals surface area contributed by atoms with Crippen LogP contribution >= 0.6 is 0 Å². The number of hydrogen-bond donors (Lipinski definition) is 0. The Hall–Kier alpha value is -2.81. The molecular formula is C14H13N3O3. The van der Waals surface area contributed by atoms with Crippen LogP contribution in [-0.4, -0.2) is 11.5 Å². The normalized spacial score (nSPS) is 10.0. The summed E-state index contributed by atoms with van der Waals surface area (Å²) in [5, 5.41) is 19.9. The number of nitriles is 1. The third-order valence-electron chi connectivity index (χ3n) is 2.99. The minimum absolute atomic E-state index is 0.0790. The van der Waals surface area contributed by atoms with Gasteiger partial charge in [0.2, 0.25) is 0 Å². The molecule has 1 heterocycles. The molecule has 20 heavy (non-hydrogen) atoms. The summed E-state index contributed by atoms with van der Waals surface area (Å²) in [6, 6.07) is 8.18. The number of anilines is 1. The van der Waals surface area contributed by atoms with Crippen LogP contribution in [0, 0.1) is 21.4 Å². The van der Waals surface area contributed by atoms with E-state index in [-0.39, 0.29) is 5.69 Å². The first-order valence-corrected chi connectivity index (χ1v) is 6.10. The van der Waals surface area contributed by atoms with Crippen LogP contribution in [0.3, 0.4) is 0 Å². The summed E-state index contributed by atoms with van der Waals surface area (Å²) in [7, 11) is 0. The lowest BCUT2D eigenvalue weighted by molar-refractivity contribution is -0.384. The van der Waals surface area contributed by atoms with Crippen molar-refractivity contribution < 1.29 is 9.34 Å². The standard InChI is InChI=1S/C14H13N3O3/c1-2-16(9-11-5-6-20-10-11)14-4-3-13(17(18)19)7-12(14)8-15/h3-7,10H,2,9H2,1H3. The number of hydrogen-bond acceptors (Lipinski definition) is 5. The highest BCUT2D eigenvalue weighted by atomic mass is 16.6. The summed E-state index contributed by atoms with van der Waals surface area (Å²) in [5.74, 6) is 0.